The molecule has 4 fully saturated rings. The smallest absolute Gasteiger partial charge is 0.410 e. The highest BCUT2D eigenvalue weighted by Crippen LogP contribution is 2.43. The van der Waals surface area contributed by atoms with Gasteiger partial charge in [0.05, 0.1) is 41.8 Å². The Kier molecular flexibility index (Phi) is 15.6. The number of halogens is 1. The van der Waals surface area contributed by atoms with E-state index in [0.717, 1.165) is 31.3 Å². The summed E-state index contributed by atoms with van der Waals surface area (Å²) in [6.07, 6.45) is 11.1. The van der Waals surface area contributed by atoms with Crippen molar-refractivity contribution in [3.63, 3.8) is 0 Å². The van der Waals surface area contributed by atoms with Gasteiger partial charge in [0.2, 0.25) is 17.7 Å². The number of carbonyl (C=O) groups excluding carboxylic acids is 4. The lowest BCUT2D eigenvalue weighted by molar-refractivity contribution is -0.145. The van der Waals surface area contributed by atoms with E-state index in [-0.39, 0.29) is 54.4 Å². The van der Waals surface area contributed by atoms with E-state index in [1.54, 1.807) is 17.9 Å². The molecule has 0 bridgehead atoms. The van der Waals surface area contributed by atoms with Crippen LogP contribution in [0.4, 0.5) is 4.79 Å². The van der Waals surface area contributed by atoms with Crippen molar-refractivity contribution in [2.24, 2.45) is 5.92 Å². The maximum atomic E-state index is 12.7. The number of rotatable bonds is 14. The van der Waals surface area contributed by atoms with Crippen molar-refractivity contribution in [2.45, 2.75) is 121 Å². The first-order valence-electron chi connectivity index (χ1n) is 17.9. The first-order chi connectivity index (χ1) is 23.9. The Morgan fingerprint density at radius 1 is 1.06 bits per heavy atom. The molecule has 50 heavy (non-hydrogen) atoms. The summed E-state index contributed by atoms with van der Waals surface area (Å²) in [5.74, 6) is -0.309. The molecule has 4 aliphatic rings. The second kappa shape index (κ2) is 19.3. The lowest BCUT2D eigenvalue weighted by atomic mass is 9.87. The zero-order chi connectivity index (χ0) is 36.3. The van der Waals surface area contributed by atoms with Gasteiger partial charge in [-0.3, -0.25) is 14.4 Å². The minimum absolute atomic E-state index is 0.0243. The maximum Gasteiger partial charge on any atom is 0.410 e. The van der Waals surface area contributed by atoms with E-state index in [4.69, 9.17) is 18.9 Å². The van der Waals surface area contributed by atoms with Crippen molar-refractivity contribution in [1.29, 1.82) is 0 Å². The third-order valence-corrected chi connectivity index (χ3v) is 10.5. The third-order valence-electron chi connectivity index (χ3n) is 9.78. The number of carbonyl (C=O) groups is 4. The van der Waals surface area contributed by atoms with Crippen LogP contribution in [-0.2, 0) is 33.3 Å². The molecule has 4 saturated heterocycles. The van der Waals surface area contributed by atoms with Gasteiger partial charge < -0.3 is 44.9 Å². The van der Waals surface area contributed by atoms with Crippen molar-refractivity contribution in [3.05, 3.63) is 36.0 Å². The molecule has 9 atom stereocenters. The van der Waals surface area contributed by atoms with Gasteiger partial charge in [0, 0.05) is 38.7 Å². The van der Waals surface area contributed by atoms with E-state index in [9.17, 15) is 24.3 Å². The summed E-state index contributed by atoms with van der Waals surface area (Å²) in [4.78, 5) is 50.6. The zero-order valence-corrected chi connectivity index (χ0v) is 31.9. The highest BCUT2D eigenvalue weighted by Gasteiger charge is 2.58. The average Bonchev–Trinajstić information content (AvgIpc) is 3.87. The standard InChI is InChI=1S/C36H55IN4O9/c1-23(9-12-30-34(45)36(22-47-36)20-27(50-30)19-32(43)38-14-15-39-33(44)21-37)8-11-29-24(2)18-28(26(4)49-29)40-31(42)13-10-25(3)48-35(46)41-16-6-5-7-17-41/h8-10,12-13,24-30,34,45H,5-7,11,14-22H2,1-4H3,(H,38,43)(H,39,44)(H,40,42)/b12-9+,13-10-,23-8+/t24-,25-,26+,27+,28+,29-,30?,34+,36+/m0/s1. The first kappa shape index (κ1) is 40.2. The van der Waals surface area contributed by atoms with Crippen molar-refractivity contribution < 1.29 is 43.2 Å². The van der Waals surface area contributed by atoms with Gasteiger partial charge in [-0.05, 0) is 64.9 Å². The summed E-state index contributed by atoms with van der Waals surface area (Å²) in [6.45, 7) is 10.4. The molecule has 0 radical (unpaired) electrons. The molecule has 1 unspecified atom stereocenters. The number of piperidine rings is 1. The summed E-state index contributed by atoms with van der Waals surface area (Å²) in [7, 11) is 0. The minimum Gasteiger partial charge on any atom is -0.442 e. The van der Waals surface area contributed by atoms with Crippen LogP contribution < -0.4 is 16.0 Å². The molecule has 0 saturated carbocycles. The first-order valence-corrected chi connectivity index (χ1v) is 19.4. The Morgan fingerprint density at radius 3 is 2.44 bits per heavy atom. The fourth-order valence-corrected chi connectivity index (χ4v) is 6.93. The fourth-order valence-electron chi connectivity index (χ4n) is 6.67. The Balaban J connectivity index is 1.20. The van der Waals surface area contributed by atoms with Gasteiger partial charge in [0.25, 0.3) is 0 Å². The second-order valence-corrected chi connectivity index (χ2v) is 14.8. The van der Waals surface area contributed by atoms with Gasteiger partial charge in [-0.15, -0.1) is 0 Å². The number of hydrogen-bond acceptors (Lipinski definition) is 9. The Bertz CT molecular complexity index is 1270. The molecule has 4 aliphatic heterocycles. The normalized spacial score (nSPS) is 32.2. The lowest BCUT2D eigenvalue weighted by Gasteiger charge is -2.39. The van der Waals surface area contributed by atoms with Gasteiger partial charge in [-0.1, -0.05) is 53.3 Å². The number of allylic oxidation sites excluding steroid dienone is 2. The maximum absolute atomic E-state index is 12.7. The van der Waals surface area contributed by atoms with Crippen LogP contribution in [0.15, 0.2) is 36.0 Å². The van der Waals surface area contributed by atoms with E-state index < -0.39 is 30.0 Å². The number of ether oxygens (including phenoxy) is 4. The van der Waals surface area contributed by atoms with E-state index in [2.05, 4.69) is 29.0 Å². The molecule has 4 rings (SSSR count). The van der Waals surface area contributed by atoms with Crippen molar-refractivity contribution >= 4 is 46.4 Å². The lowest BCUT2D eigenvalue weighted by Crippen LogP contribution is -2.51. The fraction of sp³-hybridized carbons (Fsp3) is 0.722. The molecular formula is C36H55IN4O9. The van der Waals surface area contributed by atoms with Crippen LogP contribution in [0.1, 0.15) is 72.6 Å². The molecular weight excluding hydrogens is 759 g/mol. The number of epoxide rings is 1. The number of nitrogens with one attached hydrogen (secondary N) is 3. The van der Waals surface area contributed by atoms with Crippen molar-refractivity contribution in [3.8, 4) is 0 Å². The van der Waals surface area contributed by atoms with Gasteiger partial charge in [0.15, 0.2) is 0 Å². The van der Waals surface area contributed by atoms with Crippen LogP contribution >= 0.6 is 22.6 Å². The highest BCUT2D eigenvalue weighted by atomic mass is 127. The van der Waals surface area contributed by atoms with Gasteiger partial charge in [0.1, 0.15) is 23.9 Å². The number of alkyl halides is 1. The van der Waals surface area contributed by atoms with E-state index in [1.807, 2.05) is 48.6 Å². The molecule has 0 aliphatic carbocycles. The molecule has 13 nitrogen and oxygen atoms in total. The zero-order valence-electron chi connectivity index (χ0n) is 29.7. The Morgan fingerprint density at radius 2 is 1.76 bits per heavy atom. The molecule has 0 aromatic carbocycles. The van der Waals surface area contributed by atoms with E-state index in [1.165, 1.54) is 6.08 Å². The topological polar surface area (TPSA) is 168 Å². The summed E-state index contributed by atoms with van der Waals surface area (Å²) >= 11 is 1.98. The number of nitrogens with zero attached hydrogens (tertiary/aromatic N) is 1. The molecule has 280 valence electrons. The number of aliphatic hydroxyl groups excluding tert-OH is 1. The third kappa shape index (κ3) is 12.3. The summed E-state index contributed by atoms with van der Waals surface area (Å²) in [6, 6.07) is -0.145. The van der Waals surface area contributed by atoms with Crippen LogP contribution in [0.5, 0.6) is 0 Å². The minimum atomic E-state index is -0.836. The van der Waals surface area contributed by atoms with E-state index in [0.29, 0.717) is 50.1 Å². The number of hydrogen-bond donors (Lipinski definition) is 4. The van der Waals surface area contributed by atoms with Crippen molar-refractivity contribution in [1.82, 2.24) is 20.9 Å². The van der Waals surface area contributed by atoms with Crippen molar-refractivity contribution in [2.75, 3.05) is 37.2 Å². The van der Waals surface area contributed by atoms with Crippen LogP contribution in [-0.4, -0.2) is 119 Å². The van der Waals surface area contributed by atoms with E-state index >= 15 is 0 Å². The predicted molar refractivity (Wildman–Crippen MR) is 196 cm³/mol. The summed E-state index contributed by atoms with van der Waals surface area (Å²) in [5.41, 5.74) is 0.296. The Hall–Kier alpha value is -2.53. The molecule has 1 spiro atoms. The predicted octanol–water partition coefficient (Wildman–Crippen LogP) is 3.09. The molecule has 0 aromatic rings. The highest BCUT2D eigenvalue weighted by molar-refractivity contribution is 14.1. The monoisotopic (exact) mass is 814 g/mol. The summed E-state index contributed by atoms with van der Waals surface area (Å²) < 4.78 is 24.0. The number of likely N-dealkylation sites (tertiary alicyclic amines) is 1. The van der Waals surface area contributed by atoms with Gasteiger partial charge >= 0.3 is 6.09 Å². The Labute approximate surface area is 309 Å². The molecule has 4 heterocycles. The van der Waals surface area contributed by atoms with Crippen LogP contribution in [0.2, 0.25) is 0 Å². The number of aliphatic hydroxyl groups is 1. The van der Waals surface area contributed by atoms with Crippen LogP contribution in [0.25, 0.3) is 0 Å². The SMILES string of the molecule is CC(/C=C/C1O[C@H](CC(=O)NCCNC(=O)CI)C[C@@]2(CO2)[C@@H]1O)=C\C[C@@H]1O[C@H](C)[C@H](NC(=O)/C=C\[C@H](C)OC(=O)N2CCCCC2)C[C@@H]1C. The van der Waals surface area contributed by atoms with Gasteiger partial charge in [-0.2, -0.15) is 0 Å². The van der Waals surface area contributed by atoms with Gasteiger partial charge in [-0.25, -0.2) is 4.79 Å². The quantitative estimate of drug-likeness (QED) is 0.0515. The molecule has 4 N–H and O–H groups in total. The largest absolute Gasteiger partial charge is 0.442 e. The van der Waals surface area contributed by atoms with Crippen LogP contribution in [0, 0.1) is 5.92 Å². The van der Waals surface area contributed by atoms with Crippen LogP contribution in [0.3, 0.4) is 0 Å². The number of amides is 4. The summed E-state index contributed by atoms with van der Waals surface area (Å²) in [5, 5.41) is 19.5. The second-order valence-electron chi connectivity index (χ2n) is 14.0. The average molecular weight is 815 g/mol. The molecule has 14 heteroatoms. The molecule has 4 amide bonds. The molecule has 0 aromatic heterocycles.